The van der Waals surface area contributed by atoms with Gasteiger partial charge in [0, 0.05) is 19.1 Å². The first-order chi connectivity index (χ1) is 5.59. The number of likely N-dealkylation sites (tertiary alicyclic amines) is 1. The Kier molecular flexibility index (Phi) is 3.53. The fraction of sp³-hybridized carbons (Fsp3) is 1.00. The summed E-state index contributed by atoms with van der Waals surface area (Å²) in [6.07, 6.45) is 2.13. The molecule has 1 aliphatic heterocycles. The lowest BCUT2D eigenvalue weighted by molar-refractivity contribution is 0.156. The standard InChI is InChI=1S/C10H21NO/c1-8(2)6-9(3)11-5-4-10(12)7-11/h8-10,12H,4-7H2,1-3H3/t9?,10-/m0/s1. The molecule has 0 aliphatic carbocycles. The molecule has 12 heavy (non-hydrogen) atoms. The summed E-state index contributed by atoms with van der Waals surface area (Å²) in [5.41, 5.74) is 0. The number of hydrogen-bond donors (Lipinski definition) is 1. The average molecular weight is 171 g/mol. The van der Waals surface area contributed by atoms with E-state index in [-0.39, 0.29) is 6.10 Å². The molecule has 0 spiro atoms. The van der Waals surface area contributed by atoms with Gasteiger partial charge in [0.25, 0.3) is 0 Å². The van der Waals surface area contributed by atoms with E-state index in [4.69, 9.17) is 0 Å². The highest BCUT2D eigenvalue weighted by molar-refractivity contribution is 4.79. The lowest BCUT2D eigenvalue weighted by Crippen LogP contribution is -2.32. The van der Waals surface area contributed by atoms with E-state index in [0.717, 1.165) is 25.4 Å². The summed E-state index contributed by atoms with van der Waals surface area (Å²) < 4.78 is 0. The lowest BCUT2D eigenvalue weighted by Gasteiger charge is -2.25. The quantitative estimate of drug-likeness (QED) is 0.695. The Morgan fingerprint density at radius 1 is 1.42 bits per heavy atom. The number of nitrogens with zero attached hydrogens (tertiary/aromatic N) is 1. The van der Waals surface area contributed by atoms with Crippen molar-refractivity contribution in [2.75, 3.05) is 13.1 Å². The van der Waals surface area contributed by atoms with Crippen LogP contribution < -0.4 is 0 Å². The van der Waals surface area contributed by atoms with Crippen molar-refractivity contribution in [2.24, 2.45) is 5.92 Å². The molecule has 0 aromatic rings. The fourth-order valence-electron chi connectivity index (χ4n) is 2.00. The first-order valence-electron chi connectivity index (χ1n) is 5.01. The lowest BCUT2D eigenvalue weighted by atomic mass is 10.0. The van der Waals surface area contributed by atoms with Crippen molar-refractivity contribution in [1.29, 1.82) is 0 Å². The monoisotopic (exact) mass is 171 g/mol. The van der Waals surface area contributed by atoms with Crippen LogP contribution in [-0.4, -0.2) is 35.2 Å². The van der Waals surface area contributed by atoms with Crippen molar-refractivity contribution in [3.05, 3.63) is 0 Å². The number of aliphatic hydroxyl groups excluding tert-OH is 1. The Morgan fingerprint density at radius 2 is 2.08 bits per heavy atom. The zero-order valence-electron chi connectivity index (χ0n) is 8.45. The van der Waals surface area contributed by atoms with Gasteiger partial charge in [-0.2, -0.15) is 0 Å². The van der Waals surface area contributed by atoms with E-state index in [9.17, 15) is 5.11 Å². The summed E-state index contributed by atoms with van der Waals surface area (Å²) in [5.74, 6) is 0.762. The van der Waals surface area contributed by atoms with Crippen LogP contribution in [-0.2, 0) is 0 Å². The van der Waals surface area contributed by atoms with Crippen molar-refractivity contribution in [3.63, 3.8) is 0 Å². The summed E-state index contributed by atoms with van der Waals surface area (Å²) in [4.78, 5) is 2.39. The van der Waals surface area contributed by atoms with Gasteiger partial charge in [-0.25, -0.2) is 0 Å². The van der Waals surface area contributed by atoms with E-state index in [1.165, 1.54) is 6.42 Å². The van der Waals surface area contributed by atoms with Gasteiger partial charge in [-0.1, -0.05) is 13.8 Å². The third kappa shape index (κ3) is 2.76. The molecule has 1 saturated heterocycles. The van der Waals surface area contributed by atoms with Crippen LogP contribution in [0.4, 0.5) is 0 Å². The Balaban J connectivity index is 2.28. The minimum atomic E-state index is -0.0698. The Morgan fingerprint density at radius 3 is 2.50 bits per heavy atom. The van der Waals surface area contributed by atoms with Crippen LogP contribution in [0.25, 0.3) is 0 Å². The molecule has 2 heteroatoms. The maximum absolute atomic E-state index is 9.34. The molecular weight excluding hydrogens is 150 g/mol. The van der Waals surface area contributed by atoms with Crippen molar-refractivity contribution in [3.8, 4) is 0 Å². The molecular formula is C10H21NO. The Labute approximate surface area is 75.6 Å². The van der Waals surface area contributed by atoms with Crippen molar-refractivity contribution >= 4 is 0 Å². The molecule has 0 bridgehead atoms. The molecule has 1 rings (SSSR count). The Bertz CT molecular complexity index is 136. The maximum atomic E-state index is 9.34. The first kappa shape index (κ1) is 10.0. The van der Waals surface area contributed by atoms with Gasteiger partial charge in [0.1, 0.15) is 0 Å². The molecule has 1 aliphatic rings. The summed E-state index contributed by atoms with van der Waals surface area (Å²) in [6.45, 7) is 8.73. The van der Waals surface area contributed by atoms with E-state index in [2.05, 4.69) is 25.7 Å². The second kappa shape index (κ2) is 4.24. The number of hydrogen-bond acceptors (Lipinski definition) is 2. The van der Waals surface area contributed by atoms with Crippen molar-refractivity contribution in [2.45, 2.75) is 45.8 Å². The summed E-state index contributed by atoms with van der Waals surface area (Å²) in [6, 6.07) is 0.641. The van der Waals surface area contributed by atoms with Gasteiger partial charge in [-0.15, -0.1) is 0 Å². The van der Waals surface area contributed by atoms with Gasteiger partial charge in [0.15, 0.2) is 0 Å². The normalized spacial score (nSPS) is 28.2. The zero-order chi connectivity index (χ0) is 9.14. The molecule has 1 heterocycles. The molecule has 0 aromatic carbocycles. The molecule has 0 saturated carbocycles. The molecule has 1 N–H and O–H groups in total. The molecule has 1 unspecified atom stereocenters. The summed E-state index contributed by atoms with van der Waals surface area (Å²) in [5, 5.41) is 9.34. The summed E-state index contributed by atoms with van der Waals surface area (Å²) in [7, 11) is 0. The second-order valence-electron chi connectivity index (χ2n) is 4.42. The predicted molar refractivity (Wildman–Crippen MR) is 51.1 cm³/mol. The van der Waals surface area contributed by atoms with E-state index >= 15 is 0 Å². The van der Waals surface area contributed by atoms with Gasteiger partial charge < -0.3 is 5.11 Å². The minimum Gasteiger partial charge on any atom is -0.392 e. The first-order valence-corrected chi connectivity index (χ1v) is 5.01. The van der Waals surface area contributed by atoms with Crippen LogP contribution in [0, 0.1) is 5.92 Å². The molecule has 2 nitrogen and oxygen atoms in total. The van der Waals surface area contributed by atoms with Gasteiger partial charge in [-0.05, 0) is 25.7 Å². The third-order valence-electron chi connectivity index (χ3n) is 2.63. The number of rotatable bonds is 3. The van der Waals surface area contributed by atoms with Gasteiger partial charge >= 0.3 is 0 Å². The van der Waals surface area contributed by atoms with Crippen LogP contribution in [0.3, 0.4) is 0 Å². The smallest absolute Gasteiger partial charge is 0.0679 e. The van der Waals surface area contributed by atoms with Crippen molar-refractivity contribution in [1.82, 2.24) is 4.90 Å². The van der Waals surface area contributed by atoms with E-state index in [1.807, 2.05) is 0 Å². The number of β-amino-alcohol motifs (C(OH)–C–C–N with tert-alkyl or cyclic N) is 1. The second-order valence-corrected chi connectivity index (χ2v) is 4.42. The van der Waals surface area contributed by atoms with Crippen LogP contribution in [0.15, 0.2) is 0 Å². The largest absolute Gasteiger partial charge is 0.392 e. The Hall–Kier alpha value is -0.0800. The van der Waals surface area contributed by atoms with E-state index in [0.29, 0.717) is 6.04 Å². The highest BCUT2D eigenvalue weighted by atomic mass is 16.3. The molecule has 0 radical (unpaired) electrons. The topological polar surface area (TPSA) is 23.5 Å². The van der Waals surface area contributed by atoms with Gasteiger partial charge in [-0.3, -0.25) is 4.90 Å². The van der Waals surface area contributed by atoms with Gasteiger partial charge in [0.2, 0.25) is 0 Å². The van der Waals surface area contributed by atoms with Gasteiger partial charge in [0.05, 0.1) is 6.10 Å². The zero-order valence-corrected chi connectivity index (χ0v) is 8.45. The molecule has 2 atom stereocenters. The fourth-order valence-corrected chi connectivity index (χ4v) is 2.00. The third-order valence-corrected chi connectivity index (χ3v) is 2.63. The van der Waals surface area contributed by atoms with Crippen LogP contribution in [0.1, 0.15) is 33.6 Å². The predicted octanol–water partition coefficient (Wildman–Crippen LogP) is 1.49. The van der Waals surface area contributed by atoms with Crippen LogP contribution in [0.2, 0.25) is 0 Å². The summed E-state index contributed by atoms with van der Waals surface area (Å²) >= 11 is 0. The average Bonchev–Trinajstić information content (AvgIpc) is 2.34. The SMILES string of the molecule is CC(C)CC(C)N1CC[C@H](O)C1. The molecule has 0 amide bonds. The molecule has 1 fully saturated rings. The highest BCUT2D eigenvalue weighted by Gasteiger charge is 2.24. The van der Waals surface area contributed by atoms with Crippen LogP contribution >= 0.6 is 0 Å². The maximum Gasteiger partial charge on any atom is 0.0679 e. The van der Waals surface area contributed by atoms with E-state index in [1.54, 1.807) is 0 Å². The molecule has 72 valence electrons. The van der Waals surface area contributed by atoms with Crippen molar-refractivity contribution < 1.29 is 5.11 Å². The van der Waals surface area contributed by atoms with Crippen LogP contribution in [0.5, 0.6) is 0 Å². The number of aliphatic hydroxyl groups is 1. The highest BCUT2D eigenvalue weighted by Crippen LogP contribution is 2.17. The molecule has 0 aromatic heterocycles. The minimum absolute atomic E-state index is 0.0698. The van der Waals surface area contributed by atoms with E-state index < -0.39 is 0 Å².